The van der Waals surface area contributed by atoms with E-state index in [1.807, 2.05) is 78.2 Å². The van der Waals surface area contributed by atoms with Crippen LogP contribution in [0.5, 0.6) is 0 Å². The van der Waals surface area contributed by atoms with Crippen LogP contribution < -0.4 is 5.32 Å². The fraction of sp³-hybridized carbons (Fsp3) is 0.0455. The van der Waals surface area contributed by atoms with Gasteiger partial charge in [0.25, 0.3) is 0 Å². The monoisotopic (exact) mass is 403 g/mol. The lowest BCUT2D eigenvalue weighted by atomic mass is 10.1. The number of thiazole rings is 1. The lowest BCUT2D eigenvalue weighted by molar-refractivity contribution is -0.115. The Morgan fingerprint density at radius 1 is 0.929 bits per heavy atom. The van der Waals surface area contributed by atoms with Crippen LogP contribution in [-0.2, 0) is 4.79 Å². The molecule has 0 aliphatic rings. The van der Waals surface area contributed by atoms with Gasteiger partial charge in [0.2, 0.25) is 5.91 Å². The van der Waals surface area contributed by atoms with Gasteiger partial charge in [-0.15, -0.1) is 23.1 Å². The fourth-order valence-corrected chi connectivity index (χ4v) is 4.46. The van der Waals surface area contributed by atoms with E-state index >= 15 is 0 Å². The first-order valence-electron chi connectivity index (χ1n) is 8.73. The molecular weight excluding hydrogens is 386 g/mol. The summed E-state index contributed by atoms with van der Waals surface area (Å²) in [5.41, 5.74) is 2.76. The number of nitrogens with zero attached hydrogens (tertiary/aromatic N) is 2. The summed E-state index contributed by atoms with van der Waals surface area (Å²) in [5.74, 6) is -0.0873. The first kappa shape index (κ1) is 18.4. The van der Waals surface area contributed by atoms with Crippen molar-refractivity contribution in [2.75, 3.05) is 5.32 Å². The van der Waals surface area contributed by atoms with Crippen molar-refractivity contribution >= 4 is 34.1 Å². The van der Waals surface area contributed by atoms with E-state index < -0.39 is 0 Å². The molecule has 0 bridgehead atoms. The zero-order chi connectivity index (χ0) is 19.2. The van der Waals surface area contributed by atoms with Crippen molar-refractivity contribution in [3.63, 3.8) is 0 Å². The van der Waals surface area contributed by atoms with Crippen molar-refractivity contribution in [2.45, 2.75) is 10.1 Å². The molecule has 2 aromatic carbocycles. The minimum atomic E-state index is -0.364. The van der Waals surface area contributed by atoms with Crippen molar-refractivity contribution < 1.29 is 4.79 Å². The zero-order valence-corrected chi connectivity index (χ0v) is 16.5. The van der Waals surface area contributed by atoms with Crippen molar-refractivity contribution in [1.82, 2.24) is 9.97 Å². The van der Waals surface area contributed by atoms with Gasteiger partial charge in [0.1, 0.15) is 5.25 Å². The van der Waals surface area contributed by atoms with Crippen LogP contribution in [0, 0.1) is 0 Å². The first-order valence-corrected chi connectivity index (χ1v) is 10.5. The number of hydrogen-bond donors (Lipinski definition) is 1. The minimum Gasteiger partial charge on any atom is -0.301 e. The van der Waals surface area contributed by atoms with Crippen LogP contribution in [-0.4, -0.2) is 15.9 Å². The lowest BCUT2D eigenvalue weighted by Crippen LogP contribution is -2.18. The largest absolute Gasteiger partial charge is 0.301 e. The molecule has 2 aromatic heterocycles. The molecule has 0 saturated carbocycles. The molecule has 4 rings (SSSR count). The van der Waals surface area contributed by atoms with Crippen molar-refractivity contribution in [3.05, 3.63) is 96.1 Å². The van der Waals surface area contributed by atoms with E-state index in [0.717, 1.165) is 21.7 Å². The van der Waals surface area contributed by atoms with Gasteiger partial charge in [0, 0.05) is 28.2 Å². The van der Waals surface area contributed by atoms with Crippen LogP contribution >= 0.6 is 23.1 Å². The van der Waals surface area contributed by atoms with Gasteiger partial charge < -0.3 is 5.32 Å². The third-order valence-electron chi connectivity index (χ3n) is 4.05. The number of hydrogen-bond acceptors (Lipinski definition) is 5. The highest BCUT2D eigenvalue weighted by atomic mass is 32.2. The molecule has 0 unspecified atom stereocenters. The summed E-state index contributed by atoms with van der Waals surface area (Å²) in [6.45, 7) is 0. The molecule has 0 fully saturated rings. The summed E-state index contributed by atoms with van der Waals surface area (Å²) in [4.78, 5) is 22.7. The molecule has 1 N–H and O–H groups in total. The number of carbonyl (C=O) groups is 1. The number of pyridine rings is 1. The quantitative estimate of drug-likeness (QED) is 0.421. The van der Waals surface area contributed by atoms with Crippen molar-refractivity contribution in [2.24, 2.45) is 0 Å². The first-order chi connectivity index (χ1) is 13.8. The summed E-state index contributed by atoms with van der Waals surface area (Å²) in [6, 6.07) is 23.6. The summed E-state index contributed by atoms with van der Waals surface area (Å²) < 4.78 is 0. The predicted octanol–water partition coefficient (Wildman–Crippen LogP) is 5.68. The Labute approximate surface area is 171 Å². The van der Waals surface area contributed by atoms with Crippen LogP contribution in [0.3, 0.4) is 0 Å². The Hall–Kier alpha value is -2.96. The molecule has 28 heavy (non-hydrogen) atoms. The van der Waals surface area contributed by atoms with E-state index in [0.29, 0.717) is 5.13 Å². The Morgan fingerprint density at radius 3 is 2.32 bits per heavy atom. The highest BCUT2D eigenvalue weighted by molar-refractivity contribution is 8.00. The second-order valence-corrected chi connectivity index (χ2v) is 8.02. The Bertz CT molecular complexity index is 1040. The summed E-state index contributed by atoms with van der Waals surface area (Å²) >= 11 is 2.95. The van der Waals surface area contributed by atoms with Crippen LogP contribution in [0.25, 0.3) is 11.3 Å². The average Bonchev–Trinajstić information content (AvgIpc) is 3.22. The van der Waals surface area contributed by atoms with Gasteiger partial charge in [-0.3, -0.25) is 9.78 Å². The van der Waals surface area contributed by atoms with E-state index in [1.54, 1.807) is 12.4 Å². The Kier molecular flexibility index (Phi) is 5.80. The summed E-state index contributed by atoms with van der Waals surface area (Å²) in [6.07, 6.45) is 3.46. The smallest absolute Gasteiger partial charge is 0.244 e. The van der Waals surface area contributed by atoms with Crippen molar-refractivity contribution in [3.8, 4) is 11.3 Å². The SMILES string of the molecule is O=C(Nc1nc(-c2ccncc2)cs1)[C@H](Sc1ccccc1)c1ccccc1. The lowest BCUT2D eigenvalue weighted by Gasteiger charge is -2.16. The van der Waals surface area contributed by atoms with Gasteiger partial charge in [-0.05, 0) is 29.8 Å². The fourth-order valence-electron chi connectivity index (χ4n) is 2.69. The molecule has 0 aliphatic heterocycles. The Morgan fingerprint density at radius 2 is 1.61 bits per heavy atom. The van der Waals surface area contributed by atoms with E-state index in [4.69, 9.17) is 0 Å². The predicted molar refractivity (Wildman–Crippen MR) is 115 cm³/mol. The molecule has 0 aliphatic carbocycles. The van der Waals surface area contributed by atoms with Crippen molar-refractivity contribution in [1.29, 1.82) is 0 Å². The van der Waals surface area contributed by atoms with Gasteiger partial charge in [-0.1, -0.05) is 48.5 Å². The van der Waals surface area contributed by atoms with Gasteiger partial charge in [0.05, 0.1) is 5.69 Å². The number of rotatable bonds is 6. The topological polar surface area (TPSA) is 54.9 Å². The molecule has 0 saturated heterocycles. The molecule has 4 aromatic rings. The summed E-state index contributed by atoms with van der Waals surface area (Å²) in [5, 5.41) is 5.15. The van der Waals surface area contributed by atoms with E-state index in [9.17, 15) is 4.79 Å². The number of anilines is 1. The van der Waals surface area contributed by atoms with E-state index in [1.165, 1.54) is 23.1 Å². The number of aromatic nitrogens is 2. The Balaban J connectivity index is 1.55. The molecule has 1 atom stereocenters. The van der Waals surface area contributed by atoms with Crippen LogP contribution in [0.2, 0.25) is 0 Å². The van der Waals surface area contributed by atoms with Gasteiger partial charge in [-0.2, -0.15) is 0 Å². The number of amides is 1. The second-order valence-electron chi connectivity index (χ2n) is 5.98. The molecule has 2 heterocycles. The van der Waals surface area contributed by atoms with Gasteiger partial charge in [0.15, 0.2) is 5.13 Å². The molecule has 0 radical (unpaired) electrons. The third kappa shape index (κ3) is 4.47. The maximum Gasteiger partial charge on any atom is 0.244 e. The standard InChI is InChI=1S/C22H17N3OS2/c26-21(25-22-24-19(15-27-22)16-11-13-23-14-12-16)20(17-7-3-1-4-8-17)28-18-9-5-2-6-10-18/h1-15,20H,(H,24,25,26)/t20-/m1/s1. The molecule has 0 spiro atoms. The van der Waals surface area contributed by atoms with Gasteiger partial charge in [-0.25, -0.2) is 4.98 Å². The highest BCUT2D eigenvalue weighted by Gasteiger charge is 2.23. The normalized spacial score (nSPS) is 11.7. The molecule has 138 valence electrons. The molecule has 6 heteroatoms. The number of carbonyl (C=O) groups excluding carboxylic acids is 1. The third-order valence-corrected chi connectivity index (χ3v) is 6.07. The van der Waals surface area contributed by atoms with E-state index in [-0.39, 0.29) is 11.2 Å². The van der Waals surface area contributed by atoms with Gasteiger partial charge >= 0.3 is 0 Å². The molecular formula is C22H17N3OS2. The molecule has 1 amide bonds. The number of thioether (sulfide) groups is 1. The van der Waals surface area contributed by atoms with Crippen LogP contribution in [0.15, 0.2) is 95.5 Å². The maximum absolute atomic E-state index is 13.1. The summed E-state index contributed by atoms with van der Waals surface area (Å²) in [7, 11) is 0. The number of benzene rings is 2. The second kappa shape index (κ2) is 8.82. The zero-order valence-electron chi connectivity index (χ0n) is 14.9. The van der Waals surface area contributed by atoms with Crippen LogP contribution in [0.1, 0.15) is 10.8 Å². The molecule has 4 nitrogen and oxygen atoms in total. The highest BCUT2D eigenvalue weighted by Crippen LogP contribution is 2.36. The van der Waals surface area contributed by atoms with E-state index in [2.05, 4.69) is 15.3 Å². The average molecular weight is 404 g/mol. The van der Waals surface area contributed by atoms with Crippen LogP contribution in [0.4, 0.5) is 5.13 Å². The number of nitrogens with one attached hydrogen (secondary N) is 1. The maximum atomic E-state index is 13.1. The minimum absolute atomic E-state index is 0.0873.